The van der Waals surface area contributed by atoms with E-state index in [9.17, 15) is 8.42 Å². The highest BCUT2D eigenvalue weighted by molar-refractivity contribution is 7.85. The van der Waals surface area contributed by atoms with Crippen molar-refractivity contribution in [3.8, 4) is 11.4 Å². The predicted molar refractivity (Wildman–Crippen MR) is 107 cm³/mol. The van der Waals surface area contributed by atoms with Gasteiger partial charge in [0.15, 0.2) is 5.65 Å². The molecule has 3 aromatic heterocycles. The molecule has 4 aromatic rings. The van der Waals surface area contributed by atoms with E-state index in [0.29, 0.717) is 33.7 Å². The Balaban J connectivity index is 1.91. The van der Waals surface area contributed by atoms with Gasteiger partial charge in [-0.1, -0.05) is 18.2 Å². The van der Waals surface area contributed by atoms with Crippen molar-refractivity contribution < 1.29 is 13.0 Å². The summed E-state index contributed by atoms with van der Waals surface area (Å²) in [4.78, 5) is 12.7. The molecule has 4 rings (SSSR count). The molecule has 0 fully saturated rings. The SMILES string of the molecule is Cn1nc(-c2ccccn2)c2c(C(N)c3ccc(S(=O)(=O)O)cc3)nc(Cl)nc21. The third kappa shape index (κ3) is 3.58. The zero-order valence-corrected chi connectivity index (χ0v) is 16.6. The second-order valence-electron chi connectivity index (χ2n) is 6.29. The molecule has 3 heterocycles. The van der Waals surface area contributed by atoms with Crippen LogP contribution in [0.4, 0.5) is 0 Å². The van der Waals surface area contributed by atoms with E-state index in [1.165, 1.54) is 24.3 Å². The van der Waals surface area contributed by atoms with Gasteiger partial charge in [0.2, 0.25) is 5.28 Å². The Bertz CT molecular complexity index is 1310. The lowest BCUT2D eigenvalue weighted by molar-refractivity contribution is 0.483. The van der Waals surface area contributed by atoms with Crippen LogP contribution in [-0.2, 0) is 17.2 Å². The van der Waals surface area contributed by atoms with Gasteiger partial charge >= 0.3 is 0 Å². The van der Waals surface area contributed by atoms with Crippen LogP contribution < -0.4 is 5.73 Å². The van der Waals surface area contributed by atoms with Crippen molar-refractivity contribution in [3.05, 3.63) is 65.2 Å². The van der Waals surface area contributed by atoms with Gasteiger partial charge in [0.1, 0.15) is 5.69 Å². The van der Waals surface area contributed by atoms with E-state index in [2.05, 4.69) is 20.1 Å². The molecule has 0 amide bonds. The molecule has 9 nitrogen and oxygen atoms in total. The first kappa shape index (κ1) is 19.4. The fourth-order valence-electron chi connectivity index (χ4n) is 3.06. The highest BCUT2D eigenvalue weighted by atomic mass is 35.5. The van der Waals surface area contributed by atoms with Crippen molar-refractivity contribution >= 4 is 32.8 Å². The average Bonchev–Trinajstić information content (AvgIpc) is 3.03. The van der Waals surface area contributed by atoms with Crippen molar-refractivity contribution in [2.24, 2.45) is 12.8 Å². The Morgan fingerprint density at radius 3 is 2.48 bits per heavy atom. The second kappa shape index (κ2) is 7.16. The summed E-state index contributed by atoms with van der Waals surface area (Å²) in [6, 6.07) is 10.3. The molecule has 0 bridgehead atoms. The number of nitrogens with two attached hydrogens (primary N) is 1. The second-order valence-corrected chi connectivity index (χ2v) is 8.05. The van der Waals surface area contributed by atoms with Crippen LogP contribution in [0.15, 0.2) is 53.6 Å². The zero-order valence-electron chi connectivity index (χ0n) is 15.1. The summed E-state index contributed by atoms with van der Waals surface area (Å²) in [5, 5.41) is 5.12. The lowest BCUT2D eigenvalue weighted by Crippen LogP contribution is -2.15. The summed E-state index contributed by atoms with van der Waals surface area (Å²) in [6.07, 6.45) is 1.65. The first-order valence-corrected chi connectivity index (χ1v) is 10.2. The Morgan fingerprint density at radius 1 is 1.14 bits per heavy atom. The number of pyridine rings is 1. The molecule has 0 spiro atoms. The van der Waals surface area contributed by atoms with E-state index in [-0.39, 0.29) is 10.2 Å². The summed E-state index contributed by atoms with van der Waals surface area (Å²) in [6.45, 7) is 0. The maximum atomic E-state index is 11.3. The van der Waals surface area contributed by atoms with Crippen LogP contribution in [0.3, 0.4) is 0 Å². The number of rotatable bonds is 4. The van der Waals surface area contributed by atoms with Crippen molar-refractivity contribution in [2.45, 2.75) is 10.9 Å². The first-order chi connectivity index (χ1) is 13.8. The van der Waals surface area contributed by atoms with Crippen LogP contribution in [0.25, 0.3) is 22.4 Å². The lowest BCUT2D eigenvalue weighted by Gasteiger charge is -2.14. The largest absolute Gasteiger partial charge is 0.319 e. The number of nitrogens with zero attached hydrogens (tertiary/aromatic N) is 5. The summed E-state index contributed by atoms with van der Waals surface area (Å²) < 4.78 is 33.3. The van der Waals surface area contributed by atoms with Gasteiger partial charge in [0.25, 0.3) is 10.1 Å². The molecule has 148 valence electrons. The lowest BCUT2D eigenvalue weighted by atomic mass is 10.0. The summed E-state index contributed by atoms with van der Waals surface area (Å²) >= 11 is 6.12. The minimum absolute atomic E-state index is 0.00748. The molecule has 1 aromatic carbocycles. The van der Waals surface area contributed by atoms with E-state index in [1.54, 1.807) is 24.0 Å². The predicted octanol–water partition coefficient (Wildman–Crippen LogP) is 2.37. The van der Waals surface area contributed by atoms with Gasteiger partial charge in [-0.15, -0.1) is 0 Å². The number of hydrogen-bond donors (Lipinski definition) is 2. The highest BCUT2D eigenvalue weighted by Crippen LogP contribution is 2.33. The third-order valence-corrected chi connectivity index (χ3v) is 5.46. The number of aryl methyl sites for hydroxylation is 1. The minimum atomic E-state index is -4.30. The summed E-state index contributed by atoms with van der Waals surface area (Å²) in [5.41, 5.74) is 9.12. The molecule has 0 radical (unpaired) electrons. The molecule has 0 aliphatic carbocycles. The molecule has 1 unspecified atom stereocenters. The summed E-state index contributed by atoms with van der Waals surface area (Å²) in [5.74, 6) is 0. The molecule has 1 atom stereocenters. The number of fused-ring (bicyclic) bond motifs is 1. The molecular weight excluding hydrogens is 416 g/mol. The van der Waals surface area contributed by atoms with Crippen molar-refractivity contribution in [1.29, 1.82) is 0 Å². The maximum Gasteiger partial charge on any atom is 0.294 e. The average molecular weight is 431 g/mol. The number of aromatic nitrogens is 5. The van der Waals surface area contributed by atoms with Gasteiger partial charge in [0, 0.05) is 13.2 Å². The number of halogens is 1. The molecule has 3 N–H and O–H groups in total. The molecule has 0 aliphatic rings. The van der Waals surface area contributed by atoms with Gasteiger partial charge in [0.05, 0.1) is 27.7 Å². The van der Waals surface area contributed by atoms with Gasteiger partial charge in [-0.3, -0.25) is 9.54 Å². The van der Waals surface area contributed by atoms with Gasteiger partial charge in [-0.25, -0.2) is 9.67 Å². The van der Waals surface area contributed by atoms with Crippen LogP contribution >= 0.6 is 11.6 Å². The molecule has 0 aliphatic heterocycles. The smallest absolute Gasteiger partial charge is 0.294 e. The quantitative estimate of drug-likeness (QED) is 0.372. The Morgan fingerprint density at radius 2 is 1.86 bits per heavy atom. The number of benzene rings is 1. The molecule has 0 saturated carbocycles. The highest BCUT2D eigenvalue weighted by Gasteiger charge is 2.24. The minimum Gasteiger partial charge on any atom is -0.319 e. The van der Waals surface area contributed by atoms with E-state index < -0.39 is 16.2 Å². The van der Waals surface area contributed by atoms with Crippen LogP contribution in [0.5, 0.6) is 0 Å². The van der Waals surface area contributed by atoms with Crippen LogP contribution in [0.1, 0.15) is 17.3 Å². The fourth-order valence-corrected chi connectivity index (χ4v) is 3.71. The molecule has 29 heavy (non-hydrogen) atoms. The van der Waals surface area contributed by atoms with E-state index in [4.69, 9.17) is 21.9 Å². The topological polar surface area (TPSA) is 137 Å². The van der Waals surface area contributed by atoms with Crippen LogP contribution in [0, 0.1) is 0 Å². The normalized spacial score (nSPS) is 13.0. The molecule has 11 heteroatoms. The van der Waals surface area contributed by atoms with Crippen LogP contribution in [-0.4, -0.2) is 37.7 Å². The van der Waals surface area contributed by atoms with Gasteiger partial charge in [-0.05, 0) is 41.4 Å². The van der Waals surface area contributed by atoms with Crippen LogP contribution in [0.2, 0.25) is 5.28 Å². The Hall–Kier alpha value is -2.92. The van der Waals surface area contributed by atoms with E-state index >= 15 is 0 Å². The molecular formula is C18H15ClN6O3S. The van der Waals surface area contributed by atoms with Crippen molar-refractivity contribution in [1.82, 2.24) is 24.7 Å². The Kier molecular flexibility index (Phi) is 4.79. The van der Waals surface area contributed by atoms with Gasteiger partial charge in [-0.2, -0.15) is 18.5 Å². The Labute approximate surface area is 170 Å². The van der Waals surface area contributed by atoms with Crippen molar-refractivity contribution in [2.75, 3.05) is 0 Å². The fraction of sp³-hybridized carbons (Fsp3) is 0.111. The standard InChI is InChI=1S/C18H15ClN6O3S/c1-25-17-13(15(24-25)12-4-2-3-9-21-12)16(22-18(19)23-17)14(20)10-5-7-11(8-6-10)29(26,27)28/h2-9,14H,20H2,1H3,(H,26,27,28). The zero-order chi connectivity index (χ0) is 20.8. The third-order valence-electron chi connectivity index (χ3n) is 4.42. The van der Waals surface area contributed by atoms with Gasteiger partial charge < -0.3 is 5.73 Å². The molecule has 0 saturated heterocycles. The summed E-state index contributed by atoms with van der Waals surface area (Å²) in [7, 11) is -2.57. The first-order valence-electron chi connectivity index (χ1n) is 8.40. The number of hydrogen-bond acceptors (Lipinski definition) is 7. The maximum absolute atomic E-state index is 11.3. The van der Waals surface area contributed by atoms with E-state index in [1.807, 2.05) is 12.1 Å². The van der Waals surface area contributed by atoms with Crippen molar-refractivity contribution in [3.63, 3.8) is 0 Å². The van der Waals surface area contributed by atoms with E-state index in [0.717, 1.165) is 0 Å². The monoisotopic (exact) mass is 430 g/mol.